The SMILES string of the molecule is Cc1ccc(N2C(=O)[C@@H]3[C@@H](N=NN3CC(=O)N3N=C4/C(=C/c5ccc(F)cc5)CCC[C@@H]4[C@@H]3c3ccc(F)cc3)C2=O)cc1. The number of anilines is 1. The van der Waals surface area contributed by atoms with Gasteiger partial charge in [0.15, 0.2) is 12.1 Å². The van der Waals surface area contributed by atoms with Crippen LogP contribution >= 0.6 is 0 Å². The molecular weight excluding hydrogens is 566 g/mol. The van der Waals surface area contributed by atoms with Crippen LogP contribution in [0.3, 0.4) is 0 Å². The number of benzene rings is 3. The molecule has 44 heavy (non-hydrogen) atoms. The normalized spacial score (nSPS) is 25.1. The van der Waals surface area contributed by atoms with Crippen LogP contribution in [0.25, 0.3) is 6.08 Å². The summed E-state index contributed by atoms with van der Waals surface area (Å²) in [5.41, 5.74) is 4.67. The van der Waals surface area contributed by atoms with E-state index >= 15 is 0 Å². The van der Waals surface area contributed by atoms with E-state index in [1.807, 2.05) is 25.1 Å². The standard InChI is InChI=1S/C33H28F2N6O3/c1-19-5-15-25(16-6-19)40-32(43)29-31(33(40)44)39(38-36-29)18-27(42)41-30(21-9-13-24(35)14-10-21)26-4-2-3-22(28(26)37-41)17-20-7-11-23(34)12-8-20/h5-17,26,29-31H,2-4,18H2,1H3/b22-17+/t26-,29+,30-,31-/m0/s1. The number of hydrogen-bond acceptors (Lipinski definition) is 7. The van der Waals surface area contributed by atoms with Gasteiger partial charge in [-0.2, -0.15) is 10.2 Å². The smallest absolute Gasteiger partial charge is 0.264 e. The lowest BCUT2D eigenvalue weighted by atomic mass is 9.77. The molecule has 0 spiro atoms. The van der Waals surface area contributed by atoms with Gasteiger partial charge >= 0.3 is 0 Å². The van der Waals surface area contributed by atoms with Gasteiger partial charge in [0, 0.05) is 5.92 Å². The largest absolute Gasteiger partial charge is 0.271 e. The number of carbonyl (C=O) groups is 3. The van der Waals surface area contributed by atoms with E-state index in [0.717, 1.165) is 52.1 Å². The molecule has 3 aromatic carbocycles. The van der Waals surface area contributed by atoms with Crippen molar-refractivity contribution in [1.29, 1.82) is 0 Å². The van der Waals surface area contributed by atoms with Gasteiger partial charge in [-0.15, -0.1) is 0 Å². The van der Waals surface area contributed by atoms with Crippen LogP contribution in [0, 0.1) is 24.5 Å². The Kier molecular flexibility index (Phi) is 6.87. The van der Waals surface area contributed by atoms with Gasteiger partial charge in [0.05, 0.1) is 17.4 Å². The summed E-state index contributed by atoms with van der Waals surface area (Å²) in [6.07, 6.45) is 4.31. The minimum atomic E-state index is -1.04. The number of halogens is 2. The minimum absolute atomic E-state index is 0.149. The molecule has 7 rings (SSSR count). The van der Waals surface area contributed by atoms with Gasteiger partial charge in [-0.3, -0.25) is 19.4 Å². The second-order valence-corrected chi connectivity index (χ2v) is 11.5. The number of allylic oxidation sites excluding steroid dienone is 1. The fraction of sp³-hybridized carbons (Fsp3) is 0.273. The van der Waals surface area contributed by atoms with Crippen LogP contribution in [0.2, 0.25) is 0 Å². The molecule has 3 amide bonds. The van der Waals surface area contributed by atoms with E-state index in [4.69, 9.17) is 5.10 Å². The second-order valence-electron chi connectivity index (χ2n) is 11.5. The number of fused-ring (bicyclic) bond motifs is 2. The third-order valence-corrected chi connectivity index (χ3v) is 8.63. The zero-order chi connectivity index (χ0) is 30.5. The first-order chi connectivity index (χ1) is 21.3. The third-order valence-electron chi connectivity index (χ3n) is 8.63. The molecule has 4 aliphatic rings. The van der Waals surface area contributed by atoms with Crippen molar-refractivity contribution < 1.29 is 23.2 Å². The van der Waals surface area contributed by atoms with Crippen LogP contribution in [-0.2, 0) is 14.4 Å². The molecule has 4 atom stereocenters. The molecule has 1 saturated heterocycles. The molecule has 0 N–H and O–H groups in total. The third kappa shape index (κ3) is 4.78. The highest BCUT2D eigenvalue weighted by Crippen LogP contribution is 2.45. The van der Waals surface area contributed by atoms with Gasteiger partial charge in [-0.25, -0.2) is 18.7 Å². The molecule has 1 aliphatic carbocycles. The Labute approximate surface area is 252 Å². The highest BCUT2D eigenvalue weighted by atomic mass is 19.1. The van der Waals surface area contributed by atoms with Crippen molar-refractivity contribution in [2.24, 2.45) is 21.4 Å². The Balaban J connectivity index is 1.18. The minimum Gasteiger partial charge on any atom is -0.271 e. The molecular formula is C33H28F2N6O3. The summed E-state index contributed by atoms with van der Waals surface area (Å²) in [4.78, 5) is 41.7. The Morgan fingerprint density at radius 1 is 0.909 bits per heavy atom. The fourth-order valence-corrected chi connectivity index (χ4v) is 6.47. The van der Waals surface area contributed by atoms with Gasteiger partial charge in [0.2, 0.25) is 0 Å². The van der Waals surface area contributed by atoms with Gasteiger partial charge in [0.1, 0.15) is 18.2 Å². The Bertz CT molecular complexity index is 1740. The second kappa shape index (κ2) is 10.9. The van der Waals surface area contributed by atoms with Crippen molar-refractivity contribution in [2.75, 3.05) is 11.4 Å². The summed E-state index contributed by atoms with van der Waals surface area (Å²) < 4.78 is 27.4. The van der Waals surface area contributed by atoms with E-state index in [2.05, 4.69) is 10.3 Å². The van der Waals surface area contributed by atoms with Crippen LogP contribution in [-0.4, -0.2) is 52.1 Å². The number of aryl methyl sites for hydroxylation is 1. The number of rotatable bonds is 5. The molecule has 9 nitrogen and oxygen atoms in total. The lowest BCUT2D eigenvalue weighted by Gasteiger charge is -2.30. The molecule has 0 aromatic heterocycles. The van der Waals surface area contributed by atoms with Crippen LogP contribution in [0.1, 0.15) is 42.0 Å². The quantitative estimate of drug-likeness (QED) is 0.370. The van der Waals surface area contributed by atoms with Crippen molar-refractivity contribution in [3.8, 4) is 0 Å². The summed E-state index contributed by atoms with van der Waals surface area (Å²) >= 11 is 0. The van der Waals surface area contributed by atoms with Gasteiger partial charge in [-0.05, 0) is 85.4 Å². The molecule has 3 aliphatic heterocycles. The molecule has 2 fully saturated rings. The number of amides is 3. The van der Waals surface area contributed by atoms with Crippen LogP contribution in [0.4, 0.5) is 14.5 Å². The summed E-state index contributed by atoms with van der Waals surface area (Å²) in [5, 5.41) is 15.6. The van der Waals surface area contributed by atoms with E-state index in [1.165, 1.54) is 34.3 Å². The summed E-state index contributed by atoms with van der Waals surface area (Å²) in [5.74, 6) is -2.29. The maximum absolute atomic E-state index is 14.0. The highest BCUT2D eigenvalue weighted by Gasteiger charge is 2.55. The number of imide groups is 1. The van der Waals surface area contributed by atoms with E-state index in [1.54, 1.807) is 36.4 Å². The summed E-state index contributed by atoms with van der Waals surface area (Å²) in [6.45, 7) is 1.58. The van der Waals surface area contributed by atoms with Crippen LogP contribution in [0.15, 0.2) is 93.8 Å². The molecule has 1 saturated carbocycles. The number of hydrogen-bond donors (Lipinski definition) is 0. The number of carbonyl (C=O) groups excluding carboxylic acids is 3. The van der Waals surface area contributed by atoms with Crippen LogP contribution < -0.4 is 4.90 Å². The lowest BCUT2D eigenvalue weighted by Crippen LogP contribution is -2.45. The van der Waals surface area contributed by atoms with E-state index < -0.39 is 41.7 Å². The first-order valence-corrected chi connectivity index (χ1v) is 14.5. The monoisotopic (exact) mass is 594 g/mol. The first kappa shape index (κ1) is 27.8. The van der Waals surface area contributed by atoms with Crippen molar-refractivity contribution in [3.05, 3.63) is 107 Å². The van der Waals surface area contributed by atoms with Crippen molar-refractivity contribution in [3.63, 3.8) is 0 Å². The predicted octanol–water partition coefficient (Wildman–Crippen LogP) is 5.39. The zero-order valence-electron chi connectivity index (χ0n) is 23.8. The van der Waals surface area contributed by atoms with Crippen molar-refractivity contribution in [2.45, 2.75) is 44.3 Å². The maximum Gasteiger partial charge on any atom is 0.264 e. The van der Waals surface area contributed by atoms with E-state index in [0.29, 0.717) is 5.69 Å². The molecule has 11 heteroatoms. The zero-order valence-corrected chi connectivity index (χ0v) is 23.8. The maximum atomic E-state index is 14.0. The Morgan fingerprint density at radius 3 is 2.30 bits per heavy atom. The van der Waals surface area contributed by atoms with Crippen LogP contribution in [0.5, 0.6) is 0 Å². The van der Waals surface area contributed by atoms with Crippen molar-refractivity contribution >= 4 is 35.2 Å². The van der Waals surface area contributed by atoms with Gasteiger partial charge in [-0.1, -0.05) is 47.2 Å². The molecule has 3 heterocycles. The number of hydrazone groups is 1. The van der Waals surface area contributed by atoms with E-state index in [-0.39, 0.29) is 18.3 Å². The molecule has 0 bridgehead atoms. The summed E-state index contributed by atoms with van der Waals surface area (Å²) in [6, 6.07) is 16.6. The highest BCUT2D eigenvalue weighted by molar-refractivity contribution is 6.25. The molecule has 222 valence electrons. The van der Waals surface area contributed by atoms with Gasteiger partial charge in [0.25, 0.3) is 17.7 Å². The average molecular weight is 595 g/mol. The Morgan fingerprint density at radius 2 is 1.59 bits per heavy atom. The van der Waals surface area contributed by atoms with Crippen molar-refractivity contribution in [1.82, 2.24) is 10.0 Å². The molecule has 3 aromatic rings. The lowest BCUT2D eigenvalue weighted by molar-refractivity contribution is -0.136. The fourth-order valence-electron chi connectivity index (χ4n) is 6.47. The van der Waals surface area contributed by atoms with E-state index in [9.17, 15) is 23.2 Å². The first-order valence-electron chi connectivity index (χ1n) is 14.5. The topological polar surface area (TPSA) is 98.0 Å². The predicted molar refractivity (Wildman–Crippen MR) is 158 cm³/mol. The number of nitrogens with zero attached hydrogens (tertiary/aromatic N) is 6. The molecule has 0 unspecified atom stereocenters. The summed E-state index contributed by atoms with van der Waals surface area (Å²) in [7, 11) is 0. The van der Waals surface area contributed by atoms with Gasteiger partial charge < -0.3 is 0 Å². The molecule has 0 radical (unpaired) electrons. The average Bonchev–Trinajstić information content (AvgIpc) is 3.69. The Hall–Kier alpha value is -5.06.